The number of carbonyl (C=O) groups is 1. The summed E-state index contributed by atoms with van der Waals surface area (Å²) in [5.74, 6) is 0.509. The van der Waals surface area contributed by atoms with Gasteiger partial charge in [0.1, 0.15) is 0 Å². The van der Waals surface area contributed by atoms with E-state index in [4.69, 9.17) is 5.21 Å². The summed E-state index contributed by atoms with van der Waals surface area (Å²) in [6, 6.07) is 0. The monoisotopic (exact) mass is 157 g/mol. The zero-order valence-electron chi connectivity index (χ0n) is 6.92. The summed E-state index contributed by atoms with van der Waals surface area (Å²) in [4.78, 5) is 10.9. The fraction of sp³-hybridized carbons (Fsp3) is 0.875. The van der Waals surface area contributed by atoms with Crippen LogP contribution in [0.25, 0.3) is 0 Å². The van der Waals surface area contributed by atoms with Crippen molar-refractivity contribution >= 4 is 5.91 Å². The summed E-state index contributed by atoms with van der Waals surface area (Å²) in [6.07, 6.45) is 3.44. The minimum atomic E-state index is -0.128. The molecule has 0 saturated carbocycles. The maximum absolute atomic E-state index is 10.9. The van der Waals surface area contributed by atoms with Gasteiger partial charge in [-0.25, -0.2) is 5.06 Å². The normalized spacial score (nSPS) is 28.0. The Morgan fingerprint density at radius 3 is 3.00 bits per heavy atom. The van der Waals surface area contributed by atoms with Crippen LogP contribution >= 0.6 is 0 Å². The first-order valence-corrected chi connectivity index (χ1v) is 4.19. The van der Waals surface area contributed by atoms with Crippen LogP contribution in [-0.4, -0.2) is 22.7 Å². The maximum Gasteiger partial charge on any atom is 0.245 e. The zero-order chi connectivity index (χ0) is 8.27. The van der Waals surface area contributed by atoms with Crippen molar-refractivity contribution in [1.82, 2.24) is 5.06 Å². The van der Waals surface area contributed by atoms with Gasteiger partial charge in [-0.05, 0) is 18.8 Å². The van der Waals surface area contributed by atoms with Crippen LogP contribution in [0, 0.1) is 5.92 Å². The van der Waals surface area contributed by atoms with Crippen LogP contribution < -0.4 is 0 Å². The predicted molar refractivity (Wildman–Crippen MR) is 41.1 cm³/mol. The van der Waals surface area contributed by atoms with Crippen LogP contribution in [0.15, 0.2) is 0 Å². The van der Waals surface area contributed by atoms with Crippen molar-refractivity contribution in [3.8, 4) is 0 Å². The predicted octanol–water partition coefficient (Wildman–Crippen LogP) is 1.41. The van der Waals surface area contributed by atoms with Gasteiger partial charge in [0.15, 0.2) is 0 Å². The molecule has 1 rings (SSSR count). The molecule has 1 atom stereocenters. The van der Waals surface area contributed by atoms with E-state index in [0.717, 1.165) is 24.3 Å². The average Bonchev–Trinajstić information content (AvgIpc) is 1.98. The third kappa shape index (κ3) is 2.50. The molecule has 3 heteroatoms. The van der Waals surface area contributed by atoms with Gasteiger partial charge in [0, 0.05) is 13.0 Å². The molecule has 11 heavy (non-hydrogen) atoms. The Balaban J connectivity index is 2.41. The van der Waals surface area contributed by atoms with Crippen molar-refractivity contribution in [1.29, 1.82) is 0 Å². The zero-order valence-corrected chi connectivity index (χ0v) is 6.92. The van der Waals surface area contributed by atoms with E-state index in [-0.39, 0.29) is 5.91 Å². The van der Waals surface area contributed by atoms with E-state index in [1.807, 2.05) is 0 Å². The first-order valence-electron chi connectivity index (χ1n) is 4.19. The lowest BCUT2D eigenvalue weighted by atomic mass is 9.98. The van der Waals surface area contributed by atoms with Crippen molar-refractivity contribution < 1.29 is 10.0 Å². The van der Waals surface area contributed by atoms with Crippen LogP contribution in [0.4, 0.5) is 0 Å². The molecule has 3 nitrogen and oxygen atoms in total. The van der Waals surface area contributed by atoms with Gasteiger partial charge in [-0.15, -0.1) is 0 Å². The van der Waals surface area contributed by atoms with Crippen molar-refractivity contribution in [2.45, 2.75) is 32.6 Å². The topological polar surface area (TPSA) is 40.5 Å². The highest BCUT2D eigenvalue weighted by Crippen LogP contribution is 2.16. The standard InChI is InChI=1S/C8H15NO2/c1-7-3-2-4-8(10)9(11)6-5-7/h7,11H,2-6H2,1H3. The minimum absolute atomic E-state index is 0.128. The quantitative estimate of drug-likeness (QED) is 0.540. The van der Waals surface area contributed by atoms with Gasteiger partial charge in [-0.2, -0.15) is 0 Å². The van der Waals surface area contributed by atoms with Crippen molar-refractivity contribution in [3.63, 3.8) is 0 Å². The lowest BCUT2D eigenvalue weighted by Crippen LogP contribution is -2.30. The second-order valence-electron chi connectivity index (χ2n) is 3.30. The maximum atomic E-state index is 10.9. The van der Waals surface area contributed by atoms with E-state index in [2.05, 4.69) is 6.92 Å². The fourth-order valence-electron chi connectivity index (χ4n) is 1.34. The van der Waals surface area contributed by atoms with Gasteiger partial charge >= 0.3 is 0 Å². The average molecular weight is 157 g/mol. The van der Waals surface area contributed by atoms with Gasteiger partial charge in [0.05, 0.1) is 0 Å². The van der Waals surface area contributed by atoms with E-state index in [1.165, 1.54) is 0 Å². The summed E-state index contributed by atoms with van der Waals surface area (Å²) < 4.78 is 0. The number of rotatable bonds is 0. The van der Waals surface area contributed by atoms with Crippen LogP contribution in [0.3, 0.4) is 0 Å². The Kier molecular flexibility index (Phi) is 2.88. The van der Waals surface area contributed by atoms with Crippen molar-refractivity contribution in [2.75, 3.05) is 6.54 Å². The molecule has 1 fully saturated rings. The Bertz CT molecular complexity index is 147. The summed E-state index contributed by atoms with van der Waals surface area (Å²) in [5, 5.41) is 9.94. The third-order valence-corrected chi connectivity index (χ3v) is 2.21. The largest absolute Gasteiger partial charge is 0.286 e. The van der Waals surface area contributed by atoms with Crippen LogP contribution in [0.5, 0.6) is 0 Å². The van der Waals surface area contributed by atoms with Crippen LogP contribution in [-0.2, 0) is 4.79 Å². The molecule has 1 N–H and O–H groups in total. The molecule has 0 aromatic rings. The summed E-state index contributed by atoms with van der Waals surface area (Å²) in [5.41, 5.74) is 0. The number of hydrogen-bond acceptors (Lipinski definition) is 2. The highest BCUT2D eigenvalue weighted by atomic mass is 16.5. The second-order valence-corrected chi connectivity index (χ2v) is 3.30. The SMILES string of the molecule is CC1CCCC(=O)N(O)CC1. The molecule has 1 aliphatic rings. The molecule has 0 bridgehead atoms. The molecule has 1 saturated heterocycles. The third-order valence-electron chi connectivity index (χ3n) is 2.21. The molecule has 0 aromatic carbocycles. The van der Waals surface area contributed by atoms with Gasteiger partial charge in [0.2, 0.25) is 5.91 Å². The summed E-state index contributed by atoms with van der Waals surface area (Å²) >= 11 is 0. The molecule has 1 amide bonds. The van der Waals surface area contributed by atoms with Gasteiger partial charge in [-0.1, -0.05) is 13.3 Å². The first-order chi connectivity index (χ1) is 5.20. The summed E-state index contributed by atoms with van der Waals surface area (Å²) in [7, 11) is 0. The lowest BCUT2D eigenvalue weighted by molar-refractivity contribution is -0.167. The molecule has 1 unspecified atom stereocenters. The van der Waals surface area contributed by atoms with Crippen LogP contribution in [0.2, 0.25) is 0 Å². The number of carbonyl (C=O) groups excluding carboxylic acids is 1. The number of hydroxylamine groups is 2. The van der Waals surface area contributed by atoms with Gasteiger partial charge in [0.25, 0.3) is 0 Å². The fourth-order valence-corrected chi connectivity index (χ4v) is 1.34. The van der Waals surface area contributed by atoms with Gasteiger partial charge in [-0.3, -0.25) is 10.0 Å². The second kappa shape index (κ2) is 3.72. The minimum Gasteiger partial charge on any atom is -0.286 e. The van der Waals surface area contributed by atoms with E-state index in [9.17, 15) is 4.79 Å². The van der Waals surface area contributed by atoms with Crippen LogP contribution in [0.1, 0.15) is 32.6 Å². The summed E-state index contributed by atoms with van der Waals surface area (Å²) in [6.45, 7) is 2.66. The van der Waals surface area contributed by atoms with E-state index >= 15 is 0 Å². The molecule has 64 valence electrons. The lowest BCUT2D eigenvalue weighted by Gasteiger charge is -2.21. The van der Waals surface area contributed by atoms with Crippen molar-refractivity contribution in [2.24, 2.45) is 5.92 Å². The number of nitrogens with zero attached hydrogens (tertiary/aromatic N) is 1. The van der Waals surface area contributed by atoms with E-state index < -0.39 is 0 Å². The Morgan fingerprint density at radius 1 is 1.55 bits per heavy atom. The molecular formula is C8H15NO2. The molecule has 1 heterocycles. The number of hydrogen-bond donors (Lipinski definition) is 1. The highest BCUT2D eigenvalue weighted by molar-refractivity contribution is 5.74. The molecule has 0 aromatic heterocycles. The van der Waals surface area contributed by atoms with E-state index in [0.29, 0.717) is 18.9 Å². The highest BCUT2D eigenvalue weighted by Gasteiger charge is 2.15. The van der Waals surface area contributed by atoms with E-state index in [1.54, 1.807) is 0 Å². The Hall–Kier alpha value is -0.570. The van der Waals surface area contributed by atoms with Gasteiger partial charge < -0.3 is 0 Å². The molecular weight excluding hydrogens is 142 g/mol. The Morgan fingerprint density at radius 2 is 2.27 bits per heavy atom. The first kappa shape index (κ1) is 8.53. The van der Waals surface area contributed by atoms with Crippen molar-refractivity contribution in [3.05, 3.63) is 0 Å². The smallest absolute Gasteiger partial charge is 0.245 e. The molecule has 0 radical (unpaired) electrons. The number of amides is 1. The molecule has 1 aliphatic heterocycles. The molecule has 0 spiro atoms. The molecule has 0 aliphatic carbocycles. The Labute approximate surface area is 67.0 Å².